The zero-order chi connectivity index (χ0) is 19.0. The van der Waals surface area contributed by atoms with Crippen LogP contribution in [0, 0.1) is 11.3 Å². The molecule has 0 radical (unpaired) electrons. The summed E-state index contributed by atoms with van der Waals surface area (Å²) in [7, 11) is 0. The van der Waals surface area contributed by atoms with Crippen LogP contribution in [-0.2, 0) is 14.3 Å². The van der Waals surface area contributed by atoms with Gasteiger partial charge in [-0.1, -0.05) is 0 Å². The number of amides is 1. The SMILES string of the molecule is O=C(C1CC12CCN(C1CCOCC1)CC2)N1CCN(C2CCOCC2)CC1. The summed E-state index contributed by atoms with van der Waals surface area (Å²) in [5.41, 5.74) is 0.344. The van der Waals surface area contributed by atoms with Crippen molar-refractivity contribution in [2.24, 2.45) is 11.3 Å². The maximum atomic E-state index is 13.2. The van der Waals surface area contributed by atoms with Crippen molar-refractivity contribution in [2.75, 3.05) is 65.7 Å². The summed E-state index contributed by atoms with van der Waals surface area (Å²) in [6.07, 6.45) is 8.28. The number of rotatable bonds is 3. The van der Waals surface area contributed by atoms with Crippen LogP contribution >= 0.6 is 0 Å². The van der Waals surface area contributed by atoms with E-state index in [-0.39, 0.29) is 0 Å². The minimum absolute atomic E-state index is 0.318. The first kappa shape index (κ1) is 19.3. The molecular formula is C22H37N3O3. The maximum Gasteiger partial charge on any atom is 0.226 e. The van der Waals surface area contributed by atoms with Gasteiger partial charge in [0.25, 0.3) is 0 Å². The maximum absolute atomic E-state index is 13.2. The van der Waals surface area contributed by atoms with Gasteiger partial charge in [-0.2, -0.15) is 0 Å². The van der Waals surface area contributed by atoms with Crippen LogP contribution in [0.3, 0.4) is 0 Å². The van der Waals surface area contributed by atoms with Crippen LogP contribution in [0.5, 0.6) is 0 Å². The number of nitrogens with zero attached hydrogens (tertiary/aromatic N) is 3. The van der Waals surface area contributed by atoms with Gasteiger partial charge in [0.05, 0.1) is 0 Å². The van der Waals surface area contributed by atoms with Crippen molar-refractivity contribution in [2.45, 2.75) is 57.0 Å². The Morgan fingerprint density at radius 3 is 1.75 bits per heavy atom. The first-order valence-electron chi connectivity index (χ1n) is 11.7. The molecule has 1 saturated carbocycles. The lowest BCUT2D eigenvalue weighted by Crippen LogP contribution is -2.53. The van der Waals surface area contributed by atoms with Crippen molar-refractivity contribution >= 4 is 5.91 Å². The van der Waals surface area contributed by atoms with Gasteiger partial charge in [-0.15, -0.1) is 0 Å². The molecule has 0 aromatic carbocycles. The molecule has 28 heavy (non-hydrogen) atoms. The highest BCUT2D eigenvalue weighted by Crippen LogP contribution is 2.60. The monoisotopic (exact) mass is 391 g/mol. The fraction of sp³-hybridized carbons (Fsp3) is 0.955. The van der Waals surface area contributed by atoms with Gasteiger partial charge >= 0.3 is 0 Å². The molecule has 5 rings (SSSR count). The van der Waals surface area contributed by atoms with Crippen molar-refractivity contribution in [3.8, 4) is 0 Å². The number of hydrogen-bond acceptors (Lipinski definition) is 5. The Balaban J connectivity index is 1.08. The fourth-order valence-corrected chi connectivity index (χ4v) is 6.21. The van der Waals surface area contributed by atoms with Crippen molar-refractivity contribution in [1.29, 1.82) is 0 Å². The van der Waals surface area contributed by atoms with E-state index in [0.717, 1.165) is 77.9 Å². The summed E-state index contributed by atoms with van der Waals surface area (Å²) in [6, 6.07) is 1.39. The number of hydrogen-bond donors (Lipinski definition) is 0. The topological polar surface area (TPSA) is 45.2 Å². The van der Waals surface area contributed by atoms with Gasteiger partial charge in [0.2, 0.25) is 5.91 Å². The van der Waals surface area contributed by atoms with Crippen LogP contribution in [0.2, 0.25) is 0 Å². The number of carbonyl (C=O) groups is 1. The molecule has 6 heteroatoms. The van der Waals surface area contributed by atoms with Crippen LogP contribution in [0.25, 0.3) is 0 Å². The van der Waals surface area contributed by atoms with E-state index < -0.39 is 0 Å². The highest BCUT2D eigenvalue weighted by atomic mass is 16.5. The molecule has 4 saturated heterocycles. The molecule has 1 atom stereocenters. The Kier molecular flexibility index (Phi) is 5.65. The minimum Gasteiger partial charge on any atom is -0.381 e. The highest BCUT2D eigenvalue weighted by molar-refractivity contribution is 5.83. The lowest BCUT2D eigenvalue weighted by atomic mass is 9.89. The van der Waals surface area contributed by atoms with E-state index in [0.29, 0.717) is 23.3 Å². The van der Waals surface area contributed by atoms with Crippen molar-refractivity contribution in [3.05, 3.63) is 0 Å². The molecule has 0 aromatic heterocycles. The number of ether oxygens (including phenoxy) is 2. The second kappa shape index (κ2) is 8.21. The summed E-state index contributed by atoms with van der Waals surface area (Å²) in [5, 5.41) is 0. The van der Waals surface area contributed by atoms with Crippen molar-refractivity contribution in [1.82, 2.24) is 14.7 Å². The average molecular weight is 392 g/mol. The van der Waals surface area contributed by atoms with Crippen LogP contribution in [-0.4, -0.2) is 98.4 Å². The summed E-state index contributed by atoms with van der Waals surface area (Å²) in [4.78, 5) is 20.6. The van der Waals surface area contributed by atoms with Gasteiger partial charge in [0.1, 0.15) is 0 Å². The summed E-state index contributed by atoms with van der Waals surface area (Å²) >= 11 is 0. The third-order valence-electron chi connectivity index (χ3n) is 8.32. The first-order chi connectivity index (χ1) is 13.8. The Hall–Kier alpha value is -0.690. The van der Waals surface area contributed by atoms with E-state index in [4.69, 9.17) is 9.47 Å². The Labute approximate surface area is 169 Å². The number of piperazine rings is 1. The number of carbonyl (C=O) groups excluding carboxylic acids is 1. The lowest BCUT2D eigenvalue weighted by molar-refractivity contribution is -0.136. The quantitative estimate of drug-likeness (QED) is 0.731. The van der Waals surface area contributed by atoms with Gasteiger partial charge < -0.3 is 19.3 Å². The molecule has 4 heterocycles. The predicted octanol–water partition coefficient (Wildman–Crippen LogP) is 1.59. The Bertz CT molecular complexity index is 543. The third-order valence-corrected chi connectivity index (χ3v) is 8.32. The molecular weight excluding hydrogens is 354 g/mol. The van der Waals surface area contributed by atoms with Gasteiger partial charge in [-0.25, -0.2) is 0 Å². The fourth-order valence-electron chi connectivity index (χ4n) is 6.21. The molecule has 4 aliphatic heterocycles. The molecule has 0 N–H and O–H groups in total. The van der Waals surface area contributed by atoms with E-state index >= 15 is 0 Å². The molecule has 1 spiro atoms. The van der Waals surface area contributed by atoms with E-state index in [2.05, 4.69) is 14.7 Å². The zero-order valence-corrected chi connectivity index (χ0v) is 17.3. The molecule has 0 aromatic rings. The normalized spacial score (nSPS) is 33.3. The molecule has 0 bridgehead atoms. The van der Waals surface area contributed by atoms with Crippen LogP contribution in [0.1, 0.15) is 44.9 Å². The molecule has 5 aliphatic rings. The third kappa shape index (κ3) is 3.85. The van der Waals surface area contributed by atoms with Crippen LogP contribution in [0.4, 0.5) is 0 Å². The molecule has 1 unspecified atom stereocenters. The smallest absolute Gasteiger partial charge is 0.226 e. The molecule has 1 amide bonds. The first-order valence-corrected chi connectivity index (χ1v) is 11.7. The van der Waals surface area contributed by atoms with Gasteiger partial charge in [0, 0.05) is 70.6 Å². The average Bonchev–Trinajstić information content (AvgIpc) is 3.48. The highest BCUT2D eigenvalue weighted by Gasteiger charge is 2.59. The number of piperidine rings is 1. The Morgan fingerprint density at radius 2 is 1.21 bits per heavy atom. The van der Waals surface area contributed by atoms with E-state index in [1.807, 2.05) is 0 Å². The second-order valence-electron chi connectivity index (χ2n) is 9.70. The second-order valence-corrected chi connectivity index (χ2v) is 9.70. The summed E-state index contributed by atoms with van der Waals surface area (Å²) < 4.78 is 11.0. The minimum atomic E-state index is 0.318. The summed E-state index contributed by atoms with van der Waals surface area (Å²) in [5.74, 6) is 0.783. The molecule has 1 aliphatic carbocycles. The standard InChI is InChI=1S/C22H37N3O3/c26-21(25-11-9-24(10-12-25)19-3-15-28-16-4-19)20-17-22(20)5-7-23(8-6-22)18-1-13-27-14-2-18/h18-20H,1-17H2. The van der Waals surface area contributed by atoms with Gasteiger partial charge in [-0.05, 0) is 63.5 Å². The van der Waals surface area contributed by atoms with E-state index in [9.17, 15) is 4.79 Å². The van der Waals surface area contributed by atoms with Crippen molar-refractivity contribution < 1.29 is 14.3 Å². The van der Waals surface area contributed by atoms with Crippen molar-refractivity contribution in [3.63, 3.8) is 0 Å². The van der Waals surface area contributed by atoms with Crippen LogP contribution in [0.15, 0.2) is 0 Å². The lowest BCUT2D eigenvalue weighted by Gasteiger charge is -2.41. The Morgan fingerprint density at radius 1 is 0.714 bits per heavy atom. The zero-order valence-electron chi connectivity index (χ0n) is 17.3. The van der Waals surface area contributed by atoms with E-state index in [1.54, 1.807) is 0 Å². The molecule has 5 fully saturated rings. The summed E-state index contributed by atoms with van der Waals surface area (Å²) in [6.45, 7) is 9.98. The van der Waals surface area contributed by atoms with E-state index in [1.165, 1.54) is 38.8 Å². The van der Waals surface area contributed by atoms with Gasteiger partial charge in [-0.3, -0.25) is 9.69 Å². The molecule has 6 nitrogen and oxygen atoms in total. The predicted molar refractivity (Wildman–Crippen MR) is 107 cm³/mol. The molecule has 158 valence electrons. The van der Waals surface area contributed by atoms with Crippen LogP contribution < -0.4 is 0 Å². The number of likely N-dealkylation sites (tertiary alicyclic amines) is 1. The largest absolute Gasteiger partial charge is 0.381 e. The van der Waals surface area contributed by atoms with Gasteiger partial charge in [0.15, 0.2) is 0 Å².